The lowest BCUT2D eigenvalue weighted by Gasteiger charge is -2.46. The Labute approximate surface area is 109 Å². The molecule has 3 aliphatic heterocycles. The fourth-order valence-electron chi connectivity index (χ4n) is 2.48. The Morgan fingerprint density at radius 3 is 2.82 bits per heavy atom. The van der Waals surface area contributed by atoms with Crippen molar-refractivity contribution in [1.82, 2.24) is 9.88 Å². The van der Waals surface area contributed by atoms with Gasteiger partial charge in [0.2, 0.25) is 0 Å². The Hall–Kier alpha value is -1.16. The number of hydrogen-bond donors (Lipinski definition) is 0. The van der Waals surface area contributed by atoms with Gasteiger partial charge in [0.1, 0.15) is 0 Å². The SMILES string of the molecule is O=C1/C(=C/c2cccnc2)N2CCC1(Br)CC2. The fraction of sp³-hybridized carbons (Fsp3) is 0.385. The van der Waals surface area contributed by atoms with Gasteiger partial charge in [-0.05, 0) is 30.5 Å². The number of allylic oxidation sites excluding steroid dienone is 1. The van der Waals surface area contributed by atoms with Crippen LogP contribution in [-0.2, 0) is 4.79 Å². The number of halogens is 1. The van der Waals surface area contributed by atoms with Crippen molar-refractivity contribution in [2.45, 2.75) is 17.2 Å². The summed E-state index contributed by atoms with van der Waals surface area (Å²) in [6.07, 6.45) is 7.30. The van der Waals surface area contributed by atoms with E-state index in [0.29, 0.717) is 0 Å². The van der Waals surface area contributed by atoms with Crippen LogP contribution in [0.1, 0.15) is 18.4 Å². The topological polar surface area (TPSA) is 33.2 Å². The van der Waals surface area contributed by atoms with E-state index in [-0.39, 0.29) is 10.1 Å². The van der Waals surface area contributed by atoms with Crippen LogP contribution in [0.2, 0.25) is 0 Å². The summed E-state index contributed by atoms with van der Waals surface area (Å²) in [4.78, 5) is 18.6. The molecule has 17 heavy (non-hydrogen) atoms. The van der Waals surface area contributed by atoms with Gasteiger partial charge in [0.15, 0.2) is 5.78 Å². The predicted molar refractivity (Wildman–Crippen MR) is 69.7 cm³/mol. The molecule has 3 nitrogen and oxygen atoms in total. The number of carbonyl (C=O) groups is 1. The van der Waals surface area contributed by atoms with Gasteiger partial charge in [-0.15, -0.1) is 0 Å². The second-order valence-electron chi connectivity index (χ2n) is 4.60. The minimum Gasteiger partial charge on any atom is -0.368 e. The third kappa shape index (κ3) is 1.80. The number of Topliss-reactive ketones (excluding diaryl/α,β-unsaturated/α-hetero) is 1. The van der Waals surface area contributed by atoms with Gasteiger partial charge in [0, 0.05) is 25.5 Å². The standard InChI is InChI=1S/C13H13BrN2O/c14-13-3-6-16(7-4-13)11(12(13)17)8-10-2-1-5-15-9-10/h1-2,5,8-9H,3-4,6-7H2/b11-8-. The van der Waals surface area contributed by atoms with Crippen LogP contribution in [0.15, 0.2) is 30.2 Å². The van der Waals surface area contributed by atoms with Crippen LogP contribution in [0.5, 0.6) is 0 Å². The van der Waals surface area contributed by atoms with Gasteiger partial charge in [-0.2, -0.15) is 0 Å². The van der Waals surface area contributed by atoms with Gasteiger partial charge >= 0.3 is 0 Å². The summed E-state index contributed by atoms with van der Waals surface area (Å²) in [5, 5.41) is 0. The lowest BCUT2D eigenvalue weighted by molar-refractivity contribution is -0.123. The molecule has 3 saturated heterocycles. The fourth-order valence-corrected chi connectivity index (χ4v) is 3.04. The summed E-state index contributed by atoms with van der Waals surface area (Å²) in [5.74, 6) is 0.221. The van der Waals surface area contributed by atoms with E-state index >= 15 is 0 Å². The van der Waals surface area contributed by atoms with Crippen molar-refractivity contribution in [3.05, 3.63) is 35.8 Å². The third-order valence-electron chi connectivity index (χ3n) is 3.52. The molecule has 1 aromatic heterocycles. The quantitative estimate of drug-likeness (QED) is 0.588. The monoisotopic (exact) mass is 292 g/mol. The molecular formula is C13H13BrN2O. The normalized spacial score (nSPS) is 24.4. The van der Waals surface area contributed by atoms with Gasteiger partial charge in [0.25, 0.3) is 0 Å². The van der Waals surface area contributed by atoms with E-state index in [9.17, 15) is 4.79 Å². The molecule has 0 amide bonds. The van der Waals surface area contributed by atoms with Crippen molar-refractivity contribution in [1.29, 1.82) is 0 Å². The highest BCUT2D eigenvalue weighted by Crippen LogP contribution is 2.41. The van der Waals surface area contributed by atoms with Crippen LogP contribution in [0, 0.1) is 0 Å². The van der Waals surface area contributed by atoms with Crippen LogP contribution in [0.4, 0.5) is 0 Å². The summed E-state index contributed by atoms with van der Waals surface area (Å²) < 4.78 is -0.310. The van der Waals surface area contributed by atoms with Gasteiger partial charge < -0.3 is 4.90 Å². The van der Waals surface area contributed by atoms with Crippen LogP contribution < -0.4 is 0 Å². The number of aromatic nitrogens is 1. The molecular weight excluding hydrogens is 280 g/mol. The molecule has 4 rings (SSSR count). The van der Waals surface area contributed by atoms with Gasteiger partial charge in [-0.1, -0.05) is 22.0 Å². The van der Waals surface area contributed by atoms with E-state index in [1.165, 1.54) is 0 Å². The lowest BCUT2D eigenvalue weighted by Crippen LogP contribution is -2.54. The van der Waals surface area contributed by atoms with Crippen molar-refractivity contribution in [3.8, 4) is 0 Å². The molecule has 0 spiro atoms. The Morgan fingerprint density at radius 2 is 2.18 bits per heavy atom. The molecule has 0 aliphatic carbocycles. The number of hydrogen-bond acceptors (Lipinski definition) is 3. The number of pyridine rings is 1. The number of carbonyl (C=O) groups excluding carboxylic acids is 1. The highest BCUT2D eigenvalue weighted by molar-refractivity contribution is 9.10. The maximum Gasteiger partial charge on any atom is 0.195 e. The zero-order valence-corrected chi connectivity index (χ0v) is 11.0. The summed E-state index contributed by atoms with van der Waals surface area (Å²) in [7, 11) is 0. The summed E-state index contributed by atoms with van der Waals surface area (Å²) in [6.45, 7) is 1.92. The molecule has 0 aromatic carbocycles. The van der Waals surface area contributed by atoms with Crippen molar-refractivity contribution < 1.29 is 4.79 Å². The molecule has 3 aliphatic rings. The number of alkyl halides is 1. The Bertz CT molecular complexity index is 475. The first kappa shape index (κ1) is 11.0. The van der Waals surface area contributed by atoms with Crippen molar-refractivity contribution in [2.24, 2.45) is 0 Å². The summed E-state index contributed by atoms with van der Waals surface area (Å²) >= 11 is 3.62. The van der Waals surface area contributed by atoms with Crippen LogP contribution >= 0.6 is 15.9 Å². The number of rotatable bonds is 1. The first-order chi connectivity index (χ1) is 8.19. The summed E-state index contributed by atoms with van der Waals surface area (Å²) in [5.41, 5.74) is 1.81. The maximum absolute atomic E-state index is 12.3. The van der Waals surface area contributed by atoms with Crippen LogP contribution in [0.3, 0.4) is 0 Å². The molecule has 0 radical (unpaired) electrons. The molecule has 1 aromatic rings. The molecule has 0 atom stereocenters. The molecule has 0 N–H and O–H groups in total. The van der Waals surface area contributed by atoms with Crippen molar-refractivity contribution in [3.63, 3.8) is 0 Å². The van der Waals surface area contributed by atoms with Gasteiger partial charge in [-0.3, -0.25) is 9.78 Å². The second-order valence-corrected chi connectivity index (χ2v) is 6.12. The Kier molecular flexibility index (Phi) is 2.54. The highest BCUT2D eigenvalue weighted by Gasteiger charge is 2.47. The summed E-state index contributed by atoms with van der Waals surface area (Å²) in [6, 6.07) is 3.86. The van der Waals surface area contributed by atoms with E-state index < -0.39 is 0 Å². The lowest BCUT2D eigenvalue weighted by atomic mass is 9.84. The number of ketones is 1. The highest BCUT2D eigenvalue weighted by atomic mass is 79.9. The minimum atomic E-state index is -0.310. The van der Waals surface area contributed by atoms with E-state index in [4.69, 9.17) is 0 Å². The molecule has 4 heteroatoms. The van der Waals surface area contributed by atoms with Crippen LogP contribution in [0.25, 0.3) is 6.08 Å². The second kappa shape index (κ2) is 3.95. The molecule has 0 saturated carbocycles. The van der Waals surface area contributed by atoms with E-state index in [2.05, 4.69) is 25.8 Å². The smallest absolute Gasteiger partial charge is 0.195 e. The number of piperidine rings is 3. The molecule has 2 bridgehead atoms. The first-order valence-corrected chi connectivity index (χ1v) is 6.59. The van der Waals surface area contributed by atoms with Crippen LogP contribution in [-0.4, -0.2) is 33.1 Å². The zero-order valence-electron chi connectivity index (χ0n) is 9.40. The first-order valence-electron chi connectivity index (χ1n) is 5.79. The van der Waals surface area contributed by atoms with E-state index in [1.807, 2.05) is 18.2 Å². The average molecular weight is 293 g/mol. The molecule has 3 fully saturated rings. The van der Waals surface area contributed by atoms with E-state index in [0.717, 1.165) is 37.2 Å². The van der Waals surface area contributed by atoms with Gasteiger partial charge in [-0.25, -0.2) is 0 Å². The van der Waals surface area contributed by atoms with Gasteiger partial charge in [0.05, 0.1) is 10.0 Å². The number of fused-ring (bicyclic) bond motifs is 3. The molecule has 4 heterocycles. The minimum absolute atomic E-state index is 0.221. The Balaban J connectivity index is 1.99. The van der Waals surface area contributed by atoms with Crippen molar-refractivity contribution >= 4 is 27.8 Å². The largest absolute Gasteiger partial charge is 0.368 e. The average Bonchev–Trinajstić information content (AvgIpc) is 2.36. The third-order valence-corrected chi connectivity index (χ3v) is 4.68. The maximum atomic E-state index is 12.3. The predicted octanol–water partition coefficient (Wildman–Crippen LogP) is 2.23. The zero-order chi connectivity index (χ0) is 11.9. The Morgan fingerprint density at radius 1 is 1.41 bits per heavy atom. The van der Waals surface area contributed by atoms with E-state index in [1.54, 1.807) is 12.4 Å². The molecule has 88 valence electrons. The van der Waals surface area contributed by atoms with Crippen molar-refractivity contribution in [2.75, 3.05) is 13.1 Å². The molecule has 0 unspecified atom stereocenters. The number of nitrogens with zero attached hydrogens (tertiary/aromatic N) is 2.